The predicted molar refractivity (Wildman–Crippen MR) is 127 cm³/mol. The molecular formula is C24H32N8O. The molecule has 0 bridgehead atoms. The van der Waals surface area contributed by atoms with Crippen LogP contribution in [0.1, 0.15) is 45.6 Å². The minimum atomic E-state index is -0.441. The number of β-amino-alcohol motifs (C(OH)–C–C–N with tert-alkyl or cyclic N) is 1. The molecule has 4 aromatic rings. The number of likely N-dealkylation sites (tertiary alicyclic amines) is 1. The number of hydrogen-bond acceptors (Lipinski definition) is 6. The minimum absolute atomic E-state index is 0.382. The molecule has 1 saturated heterocycles. The van der Waals surface area contributed by atoms with Crippen molar-refractivity contribution in [3.05, 3.63) is 43.2 Å². The van der Waals surface area contributed by atoms with Crippen molar-refractivity contribution < 1.29 is 5.11 Å². The number of hydrogen-bond donors (Lipinski definition) is 1. The Labute approximate surface area is 193 Å². The summed E-state index contributed by atoms with van der Waals surface area (Å²) in [5, 5.41) is 24.0. The molecule has 0 spiro atoms. The molecule has 0 aromatic carbocycles. The van der Waals surface area contributed by atoms with Crippen LogP contribution in [0.4, 0.5) is 0 Å². The number of fused-ring (bicyclic) bond motifs is 1. The standard InChI is InChI=1S/C24H32N8O/c1-3-20(4-2)31-14-19(12-27-31)24-23-7-8-25-32(23)17-22(28-24)18-11-26-30(13-18)16-21(33)15-29-9-5-6-10-29/h7-8,11-14,17,20-21,33H,3-6,9-10,15-16H2,1-2H3/t21-/m1/s1. The highest BCUT2D eigenvalue weighted by atomic mass is 16.3. The van der Waals surface area contributed by atoms with Crippen molar-refractivity contribution in [3.8, 4) is 22.5 Å². The summed E-state index contributed by atoms with van der Waals surface area (Å²) >= 11 is 0. The summed E-state index contributed by atoms with van der Waals surface area (Å²) in [5.74, 6) is 0. The van der Waals surface area contributed by atoms with Gasteiger partial charge in [-0.15, -0.1) is 0 Å². The zero-order chi connectivity index (χ0) is 22.8. The number of nitrogens with zero attached hydrogens (tertiary/aromatic N) is 8. The third-order valence-electron chi connectivity index (χ3n) is 6.58. The summed E-state index contributed by atoms with van der Waals surface area (Å²) in [4.78, 5) is 7.29. The van der Waals surface area contributed by atoms with E-state index in [0.29, 0.717) is 19.1 Å². The summed E-state index contributed by atoms with van der Waals surface area (Å²) in [7, 11) is 0. The maximum Gasteiger partial charge on any atom is 0.0999 e. The Kier molecular flexibility index (Phi) is 6.24. The predicted octanol–water partition coefficient (Wildman–Crippen LogP) is 3.27. The molecule has 0 amide bonds. The monoisotopic (exact) mass is 448 g/mol. The molecule has 5 heterocycles. The van der Waals surface area contributed by atoms with Crippen LogP contribution in [-0.2, 0) is 6.54 Å². The highest BCUT2D eigenvalue weighted by Gasteiger charge is 2.18. The van der Waals surface area contributed by atoms with Gasteiger partial charge in [0.1, 0.15) is 0 Å². The molecule has 1 N–H and O–H groups in total. The van der Waals surface area contributed by atoms with Crippen molar-refractivity contribution in [1.29, 1.82) is 0 Å². The first kappa shape index (κ1) is 21.8. The fraction of sp³-hybridized carbons (Fsp3) is 0.500. The van der Waals surface area contributed by atoms with Crippen molar-refractivity contribution in [3.63, 3.8) is 0 Å². The van der Waals surface area contributed by atoms with Crippen LogP contribution in [0, 0.1) is 0 Å². The van der Waals surface area contributed by atoms with E-state index in [1.165, 1.54) is 12.8 Å². The smallest absolute Gasteiger partial charge is 0.0999 e. The number of aliphatic hydroxyl groups is 1. The Morgan fingerprint density at radius 1 is 0.939 bits per heavy atom. The zero-order valence-electron chi connectivity index (χ0n) is 19.4. The normalized spacial score (nSPS) is 15.8. The molecule has 9 nitrogen and oxygen atoms in total. The molecule has 4 aromatic heterocycles. The quantitative estimate of drug-likeness (QED) is 0.423. The summed E-state index contributed by atoms with van der Waals surface area (Å²) in [6, 6.07) is 2.35. The summed E-state index contributed by atoms with van der Waals surface area (Å²) in [6.07, 6.45) is 15.5. The molecule has 0 aliphatic carbocycles. The average molecular weight is 449 g/mol. The van der Waals surface area contributed by atoms with Crippen LogP contribution in [0.25, 0.3) is 28.0 Å². The molecule has 0 radical (unpaired) electrons. The average Bonchev–Trinajstić information content (AvgIpc) is 3.61. The van der Waals surface area contributed by atoms with E-state index < -0.39 is 6.10 Å². The van der Waals surface area contributed by atoms with Crippen molar-refractivity contribution in [1.82, 2.24) is 39.1 Å². The number of aliphatic hydroxyl groups excluding tert-OH is 1. The van der Waals surface area contributed by atoms with Crippen LogP contribution in [-0.4, -0.2) is 69.9 Å². The van der Waals surface area contributed by atoms with E-state index in [2.05, 4.69) is 40.2 Å². The van der Waals surface area contributed by atoms with E-state index >= 15 is 0 Å². The fourth-order valence-corrected chi connectivity index (χ4v) is 4.73. The lowest BCUT2D eigenvalue weighted by atomic mass is 10.1. The molecule has 1 atom stereocenters. The van der Waals surface area contributed by atoms with Crippen molar-refractivity contribution in [2.75, 3.05) is 19.6 Å². The first-order valence-electron chi connectivity index (χ1n) is 12.0. The van der Waals surface area contributed by atoms with Gasteiger partial charge in [-0.25, -0.2) is 9.50 Å². The van der Waals surface area contributed by atoms with Crippen molar-refractivity contribution >= 4 is 5.52 Å². The van der Waals surface area contributed by atoms with Gasteiger partial charge in [0, 0.05) is 30.1 Å². The minimum Gasteiger partial charge on any atom is -0.390 e. The lowest BCUT2D eigenvalue weighted by Gasteiger charge is -2.19. The first-order valence-corrected chi connectivity index (χ1v) is 12.0. The van der Waals surface area contributed by atoms with E-state index in [1.54, 1.807) is 17.1 Å². The Hall–Kier alpha value is -3.04. The lowest BCUT2D eigenvalue weighted by molar-refractivity contribution is 0.106. The second-order valence-electron chi connectivity index (χ2n) is 8.93. The Morgan fingerprint density at radius 3 is 2.52 bits per heavy atom. The molecule has 1 fully saturated rings. The lowest BCUT2D eigenvalue weighted by Crippen LogP contribution is -2.32. The van der Waals surface area contributed by atoms with E-state index in [9.17, 15) is 5.11 Å². The van der Waals surface area contributed by atoms with Crippen LogP contribution in [0.2, 0.25) is 0 Å². The molecule has 1 aliphatic rings. The van der Waals surface area contributed by atoms with Gasteiger partial charge in [-0.2, -0.15) is 15.3 Å². The summed E-state index contributed by atoms with van der Waals surface area (Å²) < 4.78 is 5.69. The first-order chi connectivity index (χ1) is 16.1. The van der Waals surface area contributed by atoms with Gasteiger partial charge < -0.3 is 10.0 Å². The van der Waals surface area contributed by atoms with Gasteiger partial charge in [-0.3, -0.25) is 9.36 Å². The van der Waals surface area contributed by atoms with Gasteiger partial charge in [-0.1, -0.05) is 13.8 Å². The molecule has 0 unspecified atom stereocenters. The maximum absolute atomic E-state index is 10.5. The van der Waals surface area contributed by atoms with Crippen LogP contribution >= 0.6 is 0 Å². The second kappa shape index (κ2) is 9.44. The third-order valence-corrected chi connectivity index (χ3v) is 6.58. The molecule has 174 valence electrons. The Balaban J connectivity index is 1.41. The van der Waals surface area contributed by atoms with Gasteiger partial charge in [-0.05, 0) is 44.8 Å². The zero-order valence-corrected chi connectivity index (χ0v) is 19.4. The molecule has 1 aliphatic heterocycles. The van der Waals surface area contributed by atoms with E-state index in [4.69, 9.17) is 4.98 Å². The van der Waals surface area contributed by atoms with Gasteiger partial charge in [0.25, 0.3) is 0 Å². The van der Waals surface area contributed by atoms with Gasteiger partial charge in [0.2, 0.25) is 0 Å². The van der Waals surface area contributed by atoms with Crippen LogP contribution in [0.5, 0.6) is 0 Å². The van der Waals surface area contributed by atoms with Gasteiger partial charge >= 0.3 is 0 Å². The molecule has 5 rings (SSSR count). The van der Waals surface area contributed by atoms with Gasteiger partial charge in [0.05, 0.1) is 60.4 Å². The second-order valence-corrected chi connectivity index (χ2v) is 8.93. The van der Waals surface area contributed by atoms with Gasteiger partial charge in [0.15, 0.2) is 0 Å². The number of rotatable bonds is 9. The highest BCUT2D eigenvalue weighted by molar-refractivity contribution is 5.78. The van der Waals surface area contributed by atoms with Crippen molar-refractivity contribution in [2.45, 2.75) is 58.2 Å². The van der Waals surface area contributed by atoms with E-state index in [0.717, 1.165) is 54.0 Å². The topological polar surface area (TPSA) is 89.3 Å². The molecule has 33 heavy (non-hydrogen) atoms. The highest BCUT2D eigenvalue weighted by Crippen LogP contribution is 2.28. The van der Waals surface area contributed by atoms with E-state index in [-0.39, 0.29) is 0 Å². The maximum atomic E-state index is 10.5. The molecule has 0 saturated carbocycles. The summed E-state index contributed by atoms with van der Waals surface area (Å²) in [5.41, 5.74) is 4.45. The fourth-order valence-electron chi connectivity index (χ4n) is 4.73. The van der Waals surface area contributed by atoms with E-state index in [1.807, 2.05) is 33.9 Å². The molecular weight excluding hydrogens is 416 g/mol. The third kappa shape index (κ3) is 4.56. The van der Waals surface area contributed by atoms with Crippen molar-refractivity contribution in [2.24, 2.45) is 0 Å². The van der Waals surface area contributed by atoms with Crippen LogP contribution < -0.4 is 0 Å². The van der Waals surface area contributed by atoms with Crippen LogP contribution in [0.15, 0.2) is 43.2 Å². The Bertz CT molecular complexity index is 1200. The largest absolute Gasteiger partial charge is 0.390 e. The summed E-state index contributed by atoms with van der Waals surface area (Å²) in [6.45, 7) is 7.68. The Morgan fingerprint density at radius 2 is 1.73 bits per heavy atom. The SMILES string of the molecule is CCC(CC)n1cc(-c2nc(-c3cnn(C[C@H](O)CN4CCCC4)c3)cn3nccc23)cn1. The van der Waals surface area contributed by atoms with Crippen LogP contribution in [0.3, 0.4) is 0 Å². The molecule has 9 heteroatoms. The number of aromatic nitrogens is 7.